The molecule has 0 radical (unpaired) electrons. The van der Waals surface area contributed by atoms with Gasteiger partial charge >= 0.3 is 0 Å². The first-order valence-electron chi connectivity index (χ1n) is 10.1. The van der Waals surface area contributed by atoms with E-state index in [1.807, 2.05) is 35.0 Å². The number of nitrogens with one attached hydrogen (secondary N) is 1. The molecule has 1 amide bonds. The molecule has 168 valence electrons. The lowest BCUT2D eigenvalue weighted by Gasteiger charge is -2.27. The first-order chi connectivity index (χ1) is 15.5. The SMILES string of the molecule is COc1ccc(S(=O)(=O)NCc2ccc(-n3ccnc3)cc2)cc1C(=O)N1CCOCC1. The molecule has 2 aromatic carbocycles. The van der Waals surface area contributed by atoms with Gasteiger partial charge in [0.05, 0.1) is 37.1 Å². The van der Waals surface area contributed by atoms with Gasteiger partial charge in [-0.2, -0.15) is 0 Å². The van der Waals surface area contributed by atoms with Crippen LogP contribution in [0.3, 0.4) is 0 Å². The molecule has 1 fully saturated rings. The molecule has 32 heavy (non-hydrogen) atoms. The molecule has 0 aliphatic carbocycles. The van der Waals surface area contributed by atoms with Crippen LogP contribution in [0.2, 0.25) is 0 Å². The molecule has 1 saturated heterocycles. The number of amides is 1. The number of aromatic nitrogens is 2. The number of hydrogen-bond acceptors (Lipinski definition) is 6. The standard InChI is InChI=1S/C22H24N4O5S/c1-30-21-7-6-19(14-20(21)22(27)25-10-12-31-13-11-25)32(28,29)24-15-17-2-4-18(5-3-17)26-9-8-23-16-26/h2-9,14,16,24H,10-13,15H2,1H3. The van der Waals surface area contributed by atoms with Gasteiger partial charge in [-0.05, 0) is 35.9 Å². The number of benzene rings is 2. The van der Waals surface area contributed by atoms with Crippen LogP contribution in [0.25, 0.3) is 5.69 Å². The molecule has 0 atom stereocenters. The summed E-state index contributed by atoms with van der Waals surface area (Å²) in [6.07, 6.45) is 5.21. The summed E-state index contributed by atoms with van der Waals surface area (Å²) in [5.41, 5.74) is 1.94. The van der Waals surface area contributed by atoms with Gasteiger partial charge in [0.15, 0.2) is 0 Å². The number of carbonyl (C=O) groups is 1. The number of nitrogens with zero attached hydrogens (tertiary/aromatic N) is 3. The number of morpholine rings is 1. The van der Waals surface area contributed by atoms with Crippen LogP contribution in [0, 0.1) is 0 Å². The van der Waals surface area contributed by atoms with Crippen molar-refractivity contribution in [1.82, 2.24) is 19.2 Å². The summed E-state index contributed by atoms with van der Waals surface area (Å²) in [6.45, 7) is 1.92. The van der Waals surface area contributed by atoms with Crippen molar-refractivity contribution in [3.8, 4) is 11.4 Å². The van der Waals surface area contributed by atoms with E-state index in [0.717, 1.165) is 11.3 Å². The summed E-state index contributed by atoms with van der Waals surface area (Å²) in [6, 6.07) is 11.8. The average molecular weight is 457 g/mol. The summed E-state index contributed by atoms with van der Waals surface area (Å²) in [4.78, 5) is 18.6. The molecule has 2 heterocycles. The van der Waals surface area contributed by atoms with Crippen molar-refractivity contribution in [3.05, 3.63) is 72.3 Å². The van der Waals surface area contributed by atoms with Crippen LogP contribution in [0.4, 0.5) is 0 Å². The lowest BCUT2D eigenvalue weighted by Crippen LogP contribution is -2.40. The molecular weight excluding hydrogens is 432 g/mol. The smallest absolute Gasteiger partial charge is 0.257 e. The van der Waals surface area contributed by atoms with Crippen molar-refractivity contribution in [2.45, 2.75) is 11.4 Å². The molecule has 3 aromatic rings. The Bertz CT molecular complexity index is 1170. The van der Waals surface area contributed by atoms with E-state index in [4.69, 9.17) is 9.47 Å². The van der Waals surface area contributed by atoms with Crippen LogP contribution in [0.5, 0.6) is 5.75 Å². The molecule has 0 spiro atoms. The minimum absolute atomic E-state index is 0.00458. The highest BCUT2D eigenvalue weighted by molar-refractivity contribution is 7.89. The monoisotopic (exact) mass is 456 g/mol. The van der Waals surface area contributed by atoms with E-state index in [0.29, 0.717) is 32.1 Å². The van der Waals surface area contributed by atoms with E-state index >= 15 is 0 Å². The third kappa shape index (κ3) is 4.82. The van der Waals surface area contributed by atoms with Crippen LogP contribution in [0.15, 0.2) is 66.1 Å². The second-order valence-electron chi connectivity index (χ2n) is 7.23. The Kier molecular flexibility index (Phi) is 6.54. The summed E-state index contributed by atoms with van der Waals surface area (Å²) >= 11 is 0. The maximum Gasteiger partial charge on any atom is 0.257 e. The van der Waals surface area contributed by atoms with Crippen LogP contribution >= 0.6 is 0 Å². The highest BCUT2D eigenvalue weighted by Gasteiger charge is 2.24. The highest BCUT2D eigenvalue weighted by atomic mass is 32.2. The van der Waals surface area contributed by atoms with E-state index in [9.17, 15) is 13.2 Å². The third-order valence-corrected chi connectivity index (χ3v) is 6.61. The molecule has 9 nitrogen and oxygen atoms in total. The second kappa shape index (κ2) is 9.51. The Hall–Kier alpha value is -3.21. The number of imidazole rings is 1. The Morgan fingerprint density at radius 1 is 1.16 bits per heavy atom. The van der Waals surface area contributed by atoms with Crippen molar-refractivity contribution in [1.29, 1.82) is 0 Å². The van der Waals surface area contributed by atoms with Crippen LogP contribution < -0.4 is 9.46 Å². The van der Waals surface area contributed by atoms with E-state index < -0.39 is 10.0 Å². The summed E-state index contributed by atoms with van der Waals surface area (Å²) in [7, 11) is -2.39. The Balaban J connectivity index is 1.50. The number of methoxy groups -OCH3 is 1. The fourth-order valence-electron chi connectivity index (χ4n) is 3.42. The van der Waals surface area contributed by atoms with Gasteiger partial charge < -0.3 is 18.9 Å². The third-order valence-electron chi connectivity index (χ3n) is 5.22. The van der Waals surface area contributed by atoms with E-state index in [1.54, 1.807) is 17.4 Å². The molecule has 1 N–H and O–H groups in total. The van der Waals surface area contributed by atoms with E-state index in [-0.39, 0.29) is 22.9 Å². The van der Waals surface area contributed by atoms with Gasteiger partial charge in [-0.3, -0.25) is 4.79 Å². The number of sulfonamides is 1. The van der Waals surface area contributed by atoms with Gasteiger partial charge in [0.1, 0.15) is 5.75 Å². The first-order valence-corrected chi connectivity index (χ1v) is 11.6. The molecule has 4 rings (SSSR count). The van der Waals surface area contributed by atoms with Gasteiger partial charge in [0.2, 0.25) is 10.0 Å². The highest BCUT2D eigenvalue weighted by Crippen LogP contribution is 2.24. The molecule has 0 bridgehead atoms. The zero-order valence-corrected chi connectivity index (χ0v) is 18.4. The van der Waals surface area contributed by atoms with Crippen LogP contribution in [-0.4, -0.2) is 62.2 Å². The summed E-state index contributed by atoms with van der Waals surface area (Å²) in [5.74, 6) is 0.0489. The first kappa shape index (κ1) is 22.0. The topological polar surface area (TPSA) is 103 Å². The molecule has 0 saturated carbocycles. The van der Waals surface area contributed by atoms with Gasteiger partial charge in [-0.1, -0.05) is 12.1 Å². The van der Waals surface area contributed by atoms with Crippen molar-refractivity contribution in [2.24, 2.45) is 0 Å². The lowest BCUT2D eigenvalue weighted by atomic mass is 10.1. The maximum atomic E-state index is 12.9. The summed E-state index contributed by atoms with van der Waals surface area (Å²) < 4.78 is 40.8. The van der Waals surface area contributed by atoms with Gasteiger partial charge in [-0.15, -0.1) is 0 Å². The molecule has 1 aliphatic rings. The maximum absolute atomic E-state index is 12.9. The van der Waals surface area contributed by atoms with E-state index in [1.165, 1.54) is 25.3 Å². The fourth-order valence-corrected chi connectivity index (χ4v) is 4.46. The molecule has 10 heteroatoms. The Labute approximate surface area is 186 Å². The minimum atomic E-state index is -3.84. The molecule has 0 unspecified atom stereocenters. The quantitative estimate of drug-likeness (QED) is 0.582. The molecule has 1 aliphatic heterocycles. The zero-order chi connectivity index (χ0) is 22.6. The number of hydrogen-bond donors (Lipinski definition) is 1. The molecular formula is C22H24N4O5S. The fraction of sp³-hybridized carbons (Fsp3) is 0.273. The predicted octanol–water partition coefficient (Wildman–Crippen LogP) is 1.83. The van der Waals surface area contributed by atoms with Crippen molar-refractivity contribution >= 4 is 15.9 Å². The van der Waals surface area contributed by atoms with Crippen LogP contribution in [-0.2, 0) is 21.3 Å². The number of carbonyl (C=O) groups excluding carboxylic acids is 1. The zero-order valence-electron chi connectivity index (χ0n) is 17.6. The van der Waals surface area contributed by atoms with Crippen LogP contribution in [0.1, 0.15) is 15.9 Å². The van der Waals surface area contributed by atoms with Crippen molar-refractivity contribution in [3.63, 3.8) is 0 Å². The lowest BCUT2D eigenvalue weighted by molar-refractivity contribution is 0.0300. The largest absolute Gasteiger partial charge is 0.496 e. The number of ether oxygens (including phenoxy) is 2. The normalized spacial score (nSPS) is 14.3. The van der Waals surface area contributed by atoms with E-state index in [2.05, 4.69) is 9.71 Å². The second-order valence-corrected chi connectivity index (χ2v) is 8.99. The minimum Gasteiger partial charge on any atom is -0.496 e. The Morgan fingerprint density at radius 3 is 2.56 bits per heavy atom. The van der Waals surface area contributed by atoms with Crippen molar-refractivity contribution in [2.75, 3.05) is 33.4 Å². The Morgan fingerprint density at radius 2 is 1.91 bits per heavy atom. The average Bonchev–Trinajstić information content (AvgIpc) is 3.38. The number of rotatable bonds is 7. The van der Waals surface area contributed by atoms with Crippen molar-refractivity contribution < 1.29 is 22.7 Å². The van der Waals surface area contributed by atoms with Gasteiger partial charge in [-0.25, -0.2) is 18.1 Å². The summed E-state index contributed by atoms with van der Waals surface area (Å²) in [5, 5.41) is 0. The van der Waals surface area contributed by atoms with Gasteiger partial charge in [0.25, 0.3) is 5.91 Å². The van der Waals surface area contributed by atoms with Gasteiger partial charge in [0, 0.05) is 37.7 Å². The predicted molar refractivity (Wildman–Crippen MR) is 117 cm³/mol. The molecule has 1 aromatic heterocycles.